The van der Waals surface area contributed by atoms with Crippen molar-refractivity contribution in [2.24, 2.45) is 0 Å². The van der Waals surface area contributed by atoms with E-state index in [0.717, 1.165) is 22.3 Å². The molecule has 0 aliphatic rings. The summed E-state index contributed by atoms with van der Waals surface area (Å²) < 4.78 is 12.1. The first-order chi connectivity index (χ1) is 17.4. The van der Waals surface area contributed by atoms with Gasteiger partial charge in [0.05, 0.1) is 10.4 Å². The second-order valence-corrected chi connectivity index (χ2v) is 9.08. The number of hydrogen-bond donors (Lipinski definition) is 0. The number of ether oxygens (including phenoxy) is 1. The first-order valence-corrected chi connectivity index (χ1v) is 12.0. The number of esters is 1. The topological polar surface area (TPSA) is 56.5 Å². The third-order valence-electron chi connectivity index (χ3n) is 6.29. The van der Waals surface area contributed by atoms with Crippen molar-refractivity contribution in [3.8, 4) is 17.1 Å². The van der Waals surface area contributed by atoms with Crippen LogP contribution in [0.15, 0.2) is 106 Å². The summed E-state index contributed by atoms with van der Waals surface area (Å²) >= 11 is 6.48. The predicted octanol–water partition coefficient (Wildman–Crippen LogP) is 7.47. The van der Waals surface area contributed by atoms with Crippen molar-refractivity contribution in [3.05, 3.63) is 135 Å². The Kier molecular flexibility index (Phi) is 6.45. The van der Waals surface area contributed by atoms with Gasteiger partial charge >= 0.3 is 5.97 Å². The van der Waals surface area contributed by atoms with Crippen LogP contribution in [0.25, 0.3) is 22.3 Å². The van der Waals surface area contributed by atoms with Gasteiger partial charge in [0.25, 0.3) is 0 Å². The van der Waals surface area contributed by atoms with Crippen LogP contribution in [-0.4, -0.2) is 5.97 Å². The molecule has 0 spiro atoms. The lowest BCUT2D eigenvalue weighted by Crippen LogP contribution is -2.23. The monoisotopic (exact) mass is 494 g/mol. The van der Waals surface area contributed by atoms with Gasteiger partial charge in [-0.2, -0.15) is 0 Å². The predicted molar refractivity (Wildman–Crippen MR) is 143 cm³/mol. The fraction of sp³-hybridized carbons (Fsp3) is 0.0968. The average Bonchev–Trinajstić information content (AvgIpc) is 2.89. The molecule has 0 saturated heterocycles. The molecule has 5 heteroatoms. The Bertz CT molecular complexity index is 1580. The number of carbonyl (C=O) groups is 1. The lowest BCUT2D eigenvalue weighted by molar-refractivity contribution is -0.135. The van der Waals surface area contributed by atoms with E-state index in [1.807, 2.05) is 80.6 Å². The van der Waals surface area contributed by atoms with Crippen LogP contribution >= 0.6 is 11.6 Å². The van der Waals surface area contributed by atoms with E-state index in [9.17, 15) is 9.59 Å². The third-order valence-corrected chi connectivity index (χ3v) is 6.62. The molecule has 1 aromatic heterocycles. The van der Waals surface area contributed by atoms with Gasteiger partial charge in [-0.15, -0.1) is 0 Å². The zero-order valence-corrected chi connectivity index (χ0v) is 20.6. The Balaban J connectivity index is 1.70. The number of benzene rings is 4. The van der Waals surface area contributed by atoms with E-state index in [1.165, 1.54) is 0 Å². The van der Waals surface area contributed by atoms with Gasteiger partial charge in [-0.25, -0.2) is 0 Å². The smallest absolute Gasteiger partial charge is 0.323 e. The molecule has 0 saturated carbocycles. The van der Waals surface area contributed by atoms with Crippen molar-refractivity contribution in [2.45, 2.75) is 19.8 Å². The van der Waals surface area contributed by atoms with E-state index in [2.05, 4.69) is 0 Å². The molecule has 0 fully saturated rings. The molecule has 0 radical (unpaired) electrons. The van der Waals surface area contributed by atoms with E-state index in [1.54, 1.807) is 30.3 Å². The maximum absolute atomic E-state index is 13.8. The van der Waals surface area contributed by atoms with Gasteiger partial charge in [0.1, 0.15) is 11.5 Å². The van der Waals surface area contributed by atoms with Gasteiger partial charge in [0.2, 0.25) is 11.2 Å². The van der Waals surface area contributed by atoms with E-state index in [0.29, 0.717) is 21.6 Å². The fourth-order valence-electron chi connectivity index (χ4n) is 4.26. The maximum atomic E-state index is 13.8. The number of fused-ring (bicyclic) bond motifs is 1. The molecule has 5 rings (SSSR count). The summed E-state index contributed by atoms with van der Waals surface area (Å²) in [4.78, 5) is 27.5. The molecule has 0 aliphatic heterocycles. The van der Waals surface area contributed by atoms with Crippen LogP contribution in [0, 0.1) is 13.8 Å². The van der Waals surface area contributed by atoms with Crippen molar-refractivity contribution in [1.82, 2.24) is 0 Å². The quantitative estimate of drug-likeness (QED) is 0.238. The van der Waals surface area contributed by atoms with Gasteiger partial charge < -0.3 is 9.15 Å². The molecular formula is C31H23ClO4. The molecule has 5 aromatic rings. The van der Waals surface area contributed by atoms with Crippen LogP contribution in [0.5, 0.6) is 5.75 Å². The lowest BCUT2D eigenvalue weighted by atomic mass is 9.91. The first-order valence-electron chi connectivity index (χ1n) is 11.6. The Morgan fingerprint density at radius 3 is 1.97 bits per heavy atom. The van der Waals surface area contributed by atoms with Gasteiger partial charge in [-0.3, -0.25) is 9.59 Å². The number of carbonyl (C=O) groups excluding carboxylic acids is 1. The van der Waals surface area contributed by atoms with Crippen molar-refractivity contribution >= 4 is 28.5 Å². The highest BCUT2D eigenvalue weighted by Crippen LogP contribution is 2.37. The summed E-state index contributed by atoms with van der Waals surface area (Å²) in [6, 6.07) is 29.3. The summed E-state index contributed by atoms with van der Waals surface area (Å²) in [5.74, 6) is -1.38. The molecule has 0 atom stereocenters. The zero-order valence-electron chi connectivity index (χ0n) is 19.8. The van der Waals surface area contributed by atoms with Gasteiger partial charge in [-0.1, -0.05) is 84.4 Å². The van der Waals surface area contributed by atoms with Crippen molar-refractivity contribution in [3.63, 3.8) is 0 Å². The molecule has 178 valence electrons. The van der Waals surface area contributed by atoms with Gasteiger partial charge in [-0.05, 0) is 60.4 Å². The minimum atomic E-state index is -0.735. The highest BCUT2D eigenvalue weighted by atomic mass is 35.5. The first kappa shape index (κ1) is 23.6. The molecule has 0 unspecified atom stereocenters. The maximum Gasteiger partial charge on any atom is 0.323 e. The van der Waals surface area contributed by atoms with Crippen LogP contribution < -0.4 is 10.2 Å². The molecule has 4 nitrogen and oxygen atoms in total. The molecule has 0 aliphatic carbocycles. The van der Waals surface area contributed by atoms with Crippen LogP contribution in [0.2, 0.25) is 5.02 Å². The normalized spacial score (nSPS) is 11.1. The average molecular weight is 495 g/mol. The zero-order chi connectivity index (χ0) is 25.2. The molecule has 0 N–H and O–H groups in total. The molecule has 0 bridgehead atoms. The summed E-state index contributed by atoms with van der Waals surface area (Å²) in [6.45, 7) is 3.87. The summed E-state index contributed by atoms with van der Waals surface area (Å²) in [5, 5.41) is 0.719. The van der Waals surface area contributed by atoms with Crippen molar-refractivity contribution < 1.29 is 13.9 Å². The number of rotatable bonds is 5. The van der Waals surface area contributed by atoms with E-state index in [-0.39, 0.29) is 11.5 Å². The molecule has 0 amide bonds. The van der Waals surface area contributed by atoms with Crippen LogP contribution in [0.1, 0.15) is 28.2 Å². The second kappa shape index (κ2) is 9.84. The number of aryl methyl sites for hydroxylation is 2. The minimum absolute atomic E-state index is 0.120. The van der Waals surface area contributed by atoms with Gasteiger partial charge in [0, 0.05) is 5.56 Å². The minimum Gasteiger partial charge on any atom is -0.452 e. The van der Waals surface area contributed by atoms with Crippen molar-refractivity contribution in [1.29, 1.82) is 0 Å². The Morgan fingerprint density at radius 1 is 0.806 bits per heavy atom. The molecule has 4 aromatic carbocycles. The lowest BCUT2D eigenvalue weighted by Gasteiger charge is -2.18. The third kappa shape index (κ3) is 4.43. The largest absolute Gasteiger partial charge is 0.452 e. The summed E-state index contributed by atoms with van der Waals surface area (Å²) in [6.07, 6.45) is 0. The number of hydrogen-bond acceptors (Lipinski definition) is 4. The van der Waals surface area contributed by atoms with Crippen molar-refractivity contribution in [2.75, 3.05) is 0 Å². The van der Waals surface area contributed by atoms with E-state index in [4.69, 9.17) is 20.8 Å². The molecule has 36 heavy (non-hydrogen) atoms. The summed E-state index contributed by atoms with van der Waals surface area (Å²) in [5.41, 5.74) is 3.87. The van der Waals surface area contributed by atoms with E-state index < -0.39 is 17.3 Å². The SMILES string of the molecule is Cc1cc2oc(-c3ccccc3Cl)c(OC(=O)C(c3ccccc3)c3ccccc3)c(=O)c2cc1C. The highest BCUT2D eigenvalue weighted by Gasteiger charge is 2.29. The summed E-state index contributed by atoms with van der Waals surface area (Å²) in [7, 11) is 0. The Morgan fingerprint density at radius 2 is 1.36 bits per heavy atom. The van der Waals surface area contributed by atoms with Gasteiger partial charge in [0.15, 0.2) is 5.76 Å². The van der Waals surface area contributed by atoms with Crippen LogP contribution in [0.3, 0.4) is 0 Å². The molecular weight excluding hydrogens is 472 g/mol. The standard InChI is InChI=1S/C31H23ClO4/c1-19-17-24-26(18-20(19)2)35-29(23-15-9-10-16-25(23)32)30(28(24)33)36-31(34)27(21-11-5-3-6-12-21)22-13-7-4-8-14-22/h3-18,27H,1-2H3. The molecule has 1 heterocycles. The fourth-order valence-corrected chi connectivity index (χ4v) is 4.49. The van der Waals surface area contributed by atoms with E-state index >= 15 is 0 Å². The highest BCUT2D eigenvalue weighted by molar-refractivity contribution is 6.33. The second-order valence-electron chi connectivity index (χ2n) is 8.68. The number of halogens is 1. The Labute approximate surface area is 213 Å². The van der Waals surface area contributed by atoms with Crippen LogP contribution in [-0.2, 0) is 4.79 Å². The van der Waals surface area contributed by atoms with Crippen LogP contribution in [0.4, 0.5) is 0 Å². The Hall–Kier alpha value is -4.15.